The SMILES string of the molecule is O=COCc1ccc2c(O)nc(C(F)(F)c3ccc(F)cc3)nc2c1. The first-order valence-electron chi connectivity index (χ1n) is 7.11. The van der Waals surface area contributed by atoms with Crippen molar-refractivity contribution in [3.8, 4) is 5.88 Å². The van der Waals surface area contributed by atoms with E-state index in [4.69, 9.17) is 0 Å². The summed E-state index contributed by atoms with van der Waals surface area (Å²) in [5, 5.41) is 10.1. The van der Waals surface area contributed by atoms with Crippen LogP contribution in [0.5, 0.6) is 5.88 Å². The van der Waals surface area contributed by atoms with E-state index in [-0.39, 0.29) is 24.0 Å². The minimum absolute atomic E-state index is 0.0616. The molecular weight excluding hydrogens is 337 g/mol. The Hall–Kier alpha value is -3.16. The lowest BCUT2D eigenvalue weighted by molar-refractivity contribution is -0.129. The zero-order valence-corrected chi connectivity index (χ0v) is 12.6. The molecule has 0 saturated carbocycles. The lowest BCUT2D eigenvalue weighted by atomic mass is 10.1. The van der Waals surface area contributed by atoms with Gasteiger partial charge >= 0.3 is 5.92 Å². The van der Waals surface area contributed by atoms with Gasteiger partial charge in [0.1, 0.15) is 12.4 Å². The number of fused-ring (bicyclic) bond motifs is 1. The van der Waals surface area contributed by atoms with Crippen LogP contribution < -0.4 is 0 Å². The number of aromatic nitrogens is 2. The Morgan fingerprint density at radius 2 is 1.84 bits per heavy atom. The largest absolute Gasteiger partial charge is 0.493 e. The van der Waals surface area contributed by atoms with E-state index >= 15 is 0 Å². The summed E-state index contributed by atoms with van der Waals surface area (Å²) in [4.78, 5) is 17.5. The van der Waals surface area contributed by atoms with Crippen LogP contribution in [0, 0.1) is 5.82 Å². The first kappa shape index (κ1) is 16.7. The minimum atomic E-state index is -3.63. The van der Waals surface area contributed by atoms with Gasteiger partial charge < -0.3 is 9.84 Å². The molecule has 1 aromatic heterocycles. The monoisotopic (exact) mass is 348 g/mol. The topological polar surface area (TPSA) is 72.3 Å². The van der Waals surface area contributed by atoms with Crippen molar-refractivity contribution >= 4 is 17.4 Å². The van der Waals surface area contributed by atoms with Crippen LogP contribution in [0.4, 0.5) is 13.2 Å². The lowest BCUT2D eigenvalue weighted by Gasteiger charge is -2.16. The van der Waals surface area contributed by atoms with E-state index in [1.165, 1.54) is 12.1 Å². The van der Waals surface area contributed by atoms with Crippen molar-refractivity contribution in [2.24, 2.45) is 0 Å². The number of hydrogen-bond acceptors (Lipinski definition) is 5. The maximum absolute atomic E-state index is 14.6. The molecule has 2 aromatic carbocycles. The molecule has 0 atom stereocenters. The third-order valence-corrected chi connectivity index (χ3v) is 3.55. The predicted octanol–water partition coefficient (Wildman–Crippen LogP) is 3.29. The standard InChI is InChI=1S/C17H11F3N2O3/c18-12-4-2-11(3-5-12)17(19,20)16-21-14-7-10(8-25-9-23)1-6-13(14)15(24)22-16/h1-7,9H,8H2,(H,21,22,24). The van der Waals surface area contributed by atoms with Crippen molar-refractivity contribution in [1.82, 2.24) is 9.97 Å². The first-order valence-corrected chi connectivity index (χ1v) is 7.11. The van der Waals surface area contributed by atoms with Crippen molar-refractivity contribution in [1.29, 1.82) is 0 Å². The van der Waals surface area contributed by atoms with Crippen molar-refractivity contribution in [2.75, 3.05) is 0 Å². The molecule has 1 heterocycles. The van der Waals surface area contributed by atoms with Crippen LogP contribution in [-0.2, 0) is 22.1 Å². The van der Waals surface area contributed by atoms with Gasteiger partial charge in [-0.2, -0.15) is 13.8 Å². The summed E-state index contributed by atoms with van der Waals surface area (Å²) in [5.41, 5.74) is 0.0677. The van der Waals surface area contributed by atoms with Gasteiger partial charge in [0, 0.05) is 5.56 Å². The van der Waals surface area contributed by atoms with Gasteiger partial charge in [-0.05, 0) is 42.0 Å². The van der Waals surface area contributed by atoms with Crippen molar-refractivity contribution in [3.63, 3.8) is 0 Å². The van der Waals surface area contributed by atoms with Crippen LogP contribution in [0.25, 0.3) is 10.9 Å². The Bertz CT molecular complexity index is 930. The maximum Gasteiger partial charge on any atom is 0.331 e. The number of halogens is 3. The summed E-state index contributed by atoms with van der Waals surface area (Å²) in [7, 11) is 0. The molecule has 0 unspecified atom stereocenters. The van der Waals surface area contributed by atoms with E-state index < -0.39 is 29.0 Å². The van der Waals surface area contributed by atoms with Crippen LogP contribution in [0.1, 0.15) is 17.0 Å². The number of carbonyl (C=O) groups excluding carboxylic acids is 1. The predicted molar refractivity (Wildman–Crippen MR) is 81.5 cm³/mol. The van der Waals surface area contributed by atoms with E-state index in [2.05, 4.69) is 14.7 Å². The molecule has 0 radical (unpaired) electrons. The van der Waals surface area contributed by atoms with Gasteiger partial charge in [-0.1, -0.05) is 6.07 Å². The Kier molecular flexibility index (Phi) is 4.26. The van der Waals surface area contributed by atoms with Crippen molar-refractivity contribution in [2.45, 2.75) is 12.5 Å². The summed E-state index contributed by atoms with van der Waals surface area (Å²) in [5.74, 6) is -5.81. The number of aromatic hydroxyl groups is 1. The number of rotatable bonds is 5. The summed E-state index contributed by atoms with van der Waals surface area (Å²) in [6.45, 7) is 0.198. The highest BCUT2D eigenvalue weighted by atomic mass is 19.3. The Morgan fingerprint density at radius 3 is 2.52 bits per heavy atom. The van der Waals surface area contributed by atoms with Crippen LogP contribution in [0.15, 0.2) is 42.5 Å². The van der Waals surface area contributed by atoms with Gasteiger partial charge in [-0.15, -0.1) is 0 Å². The average Bonchev–Trinajstić information content (AvgIpc) is 2.60. The smallest absolute Gasteiger partial charge is 0.331 e. The molecule has 128 valence electrons. The molecule has 0 aliphatic rings. The van der Waals surface area contributed by atoms with Crippen LogP contribution >= 0.6 is 0 Å². The molecule has 0 saturated heterocycles. The summed E-state index contributed by atoms with van der Waals surface area (Å²) >= 11 is 0. The second kappa shape index (κ2) is 6.39. The Labute approximate surface area is 139 Å². The quantitative estimate of drug-likeness (QED) is 0.717. The zero-order chi connectivity index (χ0) is 18.0. The number of nitrogens with zero attached hydrogens (tertiary/aromatic N) is 2. The van der Waals surface area contributed by atoms with Gasteiger partial charge in [-0.3, -0.25) is 4.79 Å². The van der Waals surface area contributed by atoms with Crippen LogP contribution in [-0.4, -0.2) is 21.5 Å². The highest BCUT2D eigenvalue weighted by molar-refractivity contribution is 5.83. The molecule has 0 aliphatic carbocycles. The Morgan fingerprint density at radius 1 is 1.12 bits per heavy atom. The average molecular weight is 348 g/mol. The van der Waals surface area contributed by atoms with Gasteiger partial charge in [0.2, 0.25) is 11.7 Å². The lowest BCUT2D eigenvalue weighted by Crippen LogP contribution is -2.19. The number of benzene rings is 2. The van der Waals surface area contributed by atoms with Crippen LogP contribution in [0.3, 0.4) is 0 Å². The molecule has 0 bridgehead atoms. The molecule has 25 heavy (non-hydrogen) atoms. The number of alkyl halides is 2. The third-order valence-electron chi connectivity index (χ3n) is 3.55. The zero-order valence-electron chi connectivity index (χ0n) is 12.6. The summed E-state index contributed by atoms with van der Waals surface area (Å²) in [6, 6.07) is 8.05. The fourth-order valence-electron chi connectivity index (χ4n) is 2.31. The summed E-state index contributed by atoms with van der Waals surface area (Å²) in [6.07, 6.45) is 0. The van der Waals surface area contributed by atoms with Gasteiger partial charge in [0.25, 0.3) is 6.47 Å². The molecule has 0 spiro atoms. The van der Waals surface area contributed by atoms with E-state index in [0.717, 1.165) is 24.3 Å². The number of carbonyl (C=O) groups is 1. The molecule has 3 rings (SSSR count). The van der Waals surface area contributed by atoms with Crippen molar-refractivity contribution < 1.29 is 27.8 Å². The molecule has 3 aromatic rings. The maximum atomic E-state index is 14.6. The highest BCUT2D eigenvalue weighted by Gasteiger charge is 2.38. The fraction of sp³-hybridized carbons (Fsp3) is 0.118. The molecule has 5 nitrogen and oxygen atoms in total. The highest BCUT2D eigenvalue weighted by Crippen LogP contribution is 2.36. The van der Waals surface area contributed by atoms with E-state index in [0.29, 0.717) is 5.56 Å². The minimum Gasteiger partial charge on any atom is -0.493 e. The number of hydrogen-bond donors (Lipinski definition) is 1. The van der Waals surface area contributed by atoms with Gasteiger partial charge in [0.15, 0.2) is 0 Å². The van der Waals surface area contributed by atoms with Gasteiger partial charge in [0.05, 0.1) is 10.9 Å². The second-order valence-corrected chi connectivity index (χ2v) is 5.21. The van der Waals surface area contributed by atoms with E-state index in [1.807, 2.05) is 0 Å². The van der Waals surface area contributed by atoms with Gasteiger partial charge in [-0.25, -0.2) is 9.37 Å². The Balaban J connectivity index is 2.08. The van der Waals surface area contributed by atoms with Crippen LogP contribution in [0.2, 0.25) is 0 Å². The number of ether oxygens (including phenoxy) is 1. The van der Waals surface area contributed by atoms with Crippen molar-refractivity contribution in [3.05, 3.63) is 65.2 Å². The van der Waals surface area contributed by atoms with E-state index in [9.17, 15) is 23.1 Å². The second-order valence-electron chi connectivity index (χ2n) is 5.21. The molecule has 0 amide bonds. The molecular formula is C17H11F3N2O3. The third kappa shape index (κ3) is 3.23. The normalized spacial score (nSPS) is 11.5. The molecule has 1 N–H and O–H groups in total. The molecule has 0 fully saturated rings. The van der Waals surface area contributed by atoms with E-state index in [1.54, 1.807) is 6.07 Å². The molecule has 8 heteroatoms. The molecule has 0 aliphatic heterocycles. The fourth-order valence-corrected chi connectivity index (χ4v) is 2.31. The summed E-state index contributed by atoms with van der Waals surface area (Å²) < 4.78 is 46.8. The first-order chi connectivity index (χ1) is 11.9.